The van der Waals surface area contributed by atoms with Gasteiger partial charge in [-0.3, -0.25) is 0 Å². The summed E-state index contributed by atoms with van der Waals surface area (Å²) in [5.74, 6) is 0.303. The van der Waals surface area contributed by atoms with Gasteiger partial charge in [-0.15, -0.1) is 0 Å². The van der Waals surface area contributed by atoms with Gasteiger partial charge in [0.1, 0.15) is 5.82 Å². The van der Waals surface area contributed by atoms with E-state index in [1.165, 1.54) is 19.2 Å². The van der Waals surface area contributed by atoms with E-state index in [0.717, 1.165) is 14.8 Å². The number of rotatable bonds is 4. The van der Waals surface area contributed by atoms with Gasteiger partial charge in [-0.2, -0.15) is 0 Å². The van der Waals surface area contributed by atoms with Crippen molar-refractivity contribution in [2.75, 3.05) is 12.4 Å². The molecule has 0 saturated heterocycles. The molecule has 0 fully saturated rings. The standard InChI is InChI=1S/C14H13FINO2/c1-19-14-6-9(2-5-13(14)18)8-17-12-4-3-10(15)7-11(12)16/h2-7,17-18H,8H2,1H3. The molecule has 0 radical (unpaired) electrons. The molecule has 0 aliphatic rings. The van der Waals surface area contributed by atoms with E-state index in [0.29, 0.717) is 12.3 Å². The molecule has 5 heteroatoms. The number of aromatic hydroxyl groups is 1. The van der Waals surface area contributed by atoms with Crippen LogP contribution in [0.5, 0.6) is 11.5 Å². The zero-order chi connectivity index (χ0) is 13.8. The van der Waals surface area contributed by atoms with Crippen molar-refractivity contribution in [3.05, 3.63) is 51.3 Å². The Morgan fingerprint density at radius 3 is 2.74 bits per heavy atom. The van der Waals surface area contributed by atoms with Gasteiger partial charge in [0.15, 0.2) is 11.5 Å². The fourth-order valence-corrected chi connectivity index (χ4v) is 2.33. The Kier molecular flexibility index (Phi) is 4.47. The maximum Gasteiger partial charge on any atom is 0.160 e. The second-order valence-electron chi connectivity index (χ2n) is 3.98. The molecule has 0 aromatic heterocycles. The highest BCUT2D eigenvalue weighted by Crippen LogP contribution is 2.27. The van der Waals surface area contributed by atoms with Crippen molar-refractivity contribution in [1.82, 2.24) is 0 Å². The van der Waals surface area contributed by atoms with Crippen LogP contribution in [0, 0.1) is 9.39 Å². The first-order chi connectivity index (χ1) is 9.10. The quantitative estimate of drug-likeness (QED) is 0.803. The lowest BCUT2D eigenvalue weighted by atomic mass is 10.2. The van der Waals surface area contributed by atoms with Crippen LogP contribution < -0.4 is 10.1 Å². The third kappa shape index (κ3) is 3.50. The van der Waals surface area contributed by atoms with E-state index in [1.54, 1.807) is 24.3 Å². The summed E-state index contributed by atoms with van der Waals surface area (Å²) in [5, 5.41) is 12.7. The average molecular weight is 373 g/mol. The van der Waals surface area contributed by atoms with Gasteiger partial charge >= 0.3 is 0 Å². The summed E-state index contributed by atoms with van der Waals surface area (Å²) in [6.07, 6.45) is 0. The van der Waals surface area contributed by atoms with Gasteiger partial charge in [-0.25, -0.2) is 4.39 Å². The summed E-state index contributed by atoms with van der Waals surface area (Å²) < 4.78 is 18.8. The van der Waals surface area contributed by atoms with Crippen molar-refractivity contribution in [3.63, 3.8) is 0 Å². The molecule has 0 saturated carbocycles. The summed E-state index contributed by atoms with van der Waals surface area (Å²) >= 11 is 2.08. The van der Waals surface area contributed by atoms with Gasteiger partial charge in [0, 0.05) is 15.8 Å². The molecular weight excluding hydrogens is 360 g/mol. The summed E-state index contributed by atoms with van der Waals surface area (Å²) in [7, 11) is 1.51. The molecule has 0 aliphatic carbocycles. The fourth-order valence-electron chi connectivity index (χ4n) is 1.66. The molecule has 0 amide bonds. The van der Waals surface area contributed by atoms with Crippen LogP contribution >= 0.6 is 22.6 Å². The molecule has 2 N–H and O–H groups in total. The van der Waals surface area contributed by atoms with Crippen molar-refractivity contribution >= 4 is 28.3 Å². The lowest BCUT2D eigenvalue weighted by Gasteiger charge is -2.10. The van der Waals surface area contributed by atoms with Crippen molar-refractivity contribution in [3.8, 4) is 11.5 Å². The van der Waals surface area contributed by atoms with Gasteiger partial charge in [0.2, 0.25) is 0 Å². The Morgan fingerprint density at radius 2 is 2.05 bits per heavy atom. The van der Waals surface area contributed by atoms with E-state index in [-0.39, 0.29) is 11.6 Å². The minimum Gasteiger partial charge on any atom is -0.504 e. The van der Waals surface area contributed by atoms with Crippen molar-refractivity contribution in [2.45, 2.75) is 6.54 Å². The first kappa shape index (κ1) is 13.9. The van der Waals surface area contributed by atoms with Crippen LogP contribution in [0.1, 0.15) is 5.56 Å². The van der Waals surface area contributed by atoms with Crippen LogP contribution in [0.3, 0.4) is 0 Å². The van der Waals surface area contributed by atoms with E-state index in [1.807, 2.05) is 0 Å². The van der Waals surface area contributed by atoms with E-state index in [2.05, 4.69) is 27.9 Å². The van der Waals surface area contributed by atoms with Gasteiger partial charge < -0.3 is 15.2 Å². The molecular formula is C14H13FINO2. The highest BCUT2D eigenvalue weighted by molar-refractivity contribution is 14.1. The number of anilines is 1. The number of hydrogen-bond acceptors (Lipinski definition) is 3. The molecule has 100 valence electrons. The average Bonchev–Trinajstić information content (AvgIpc) is 2.39. The summed E-state index contributed by atoms with van der Waals surface area (Å²) in [4.78, 5) is 0. The third-order valence-corrected chi connectivity index (χ3v) is 3.55. The topological polar surface area (TPSA) is 41.5 Å². The van der Waals surface area contributed by atoms with E-state index in [4.69, 9.17) is 4.74 Å². The zero-order valence-corrected chi connectivity index (χ0v) is 12.4. The number of nitrogens with one attached hydrogen (secondary N) is 1. The number of phenolic OH excluding ortho intramolecular Hbond substituents is 1. The van der Waals surface area contributed by atoms with Crippen LogP contribution in [0.25, 0.3) is 0 Å². The predicted molar refractivity (Wildman–Crippen MR) is 81.1 cm³/mol. The smallest absolute Gasteiger partial charge is 0.160 e. The highest BCUT2D eigenvalue weighted by Gasteiger charge is 2.04. The summed E-state index contributed by atoms with van der Waals surface area (Å²) in [6.45, 7) is 0.568. The highest BCUT2D eigenvalue weighted by atomic mass is 127. The molecule has 2 aromatic rings. The first-order valence-electron chi connectivity index (χ1n) is 5.65. The number of ether oxygens (including phenoxy) is 1. The lowest BCUT2D eigenvalue weighted by molar-refractivity contribution is 0.373. The molecule has 19 heavy (non-hydrogen) atoms. The number of hydrogen-bond donors (Lipinski definition) is 2. The zero-order valence-electron chi connectivity index (χ0n) is 10.3. The van der Waals surface area contributed by atoms with Gasteiger partial charge in [-0.1, -0.05) is 6.07 Å². The number of phenols is 1. The molecule has 0 bridgehead atoms. The Labute approximate surface area is 124 Å². The Morgan fingerprint density at radius 1 is 1.26 bits per heavy atom. The van der Waals surface area contributed by atoms with Gasteiger partial charge in [-0.05, 0) is 58.5 Å². The van der Waals surface area contributed by atoms with E-state index < -0.39 is 0 Å². The van der Waals surface area contributed by atoms with Crippen molar-refractivity contribution in [2.24, 2.45) is 0 Å². The van der Waals surface area contributed by atoms with Gasteiger partial charge in [0.25, 0.3) is 0 Å². The number of halogens is 2. The van der Waals surface area contributed by atoms with Crippen LogP contribution in [0.2, 0.25) is 0 Å². The molecule has 0 spiro atoms. The van der Waals surface area contributed by atoms with Crippen LogP contribution in [-0.4, -0.2) is 12.2 Å². The van der Waals surface area contributed by atoms with Crippen LogP contribution in [0.15, 0.2) is 36.4 Å². The SMILES string of the molecule is COc1cc(CNc2ccc(F)cc2I)ccc1O. The minimum atomic E-state index is -0.249. The molecule has 2 aromatic carbocycles. The van der Waals surface area contributed by atoms with Gasteiger partial charge in [0.05, 0.1) is 7.11 Å². The fraction of sp³-hybridized carbons (Fsp3) is 0.143. The maximum atomic E-state index is 13.0. The van der Waals surface area contributed by atoms with Crippen molar-refractivity contribution < 1.29 is 14.2 Å². The summed E-state index contributed by atoms with van der Waals surface area (Å²) in [6, 6.07) is 9.75. The maximum absolute atomic E-state index is 13.0. The minimum absolute atomic E-state index is 0.114. The Hall–Kier alpha value is -1.50. The van der Waals surface area contributed by atoms with E-state index >= 15 is 0 Å². The molecule has 0 heterocycles. The number of methoxy groups -OCH3 is 1. The molecule has 3 nitrogen and oxygen atoms in total. The lowest BCUT2D eigenvalue weighted by Crippen LogP contribution is -2.01. The third-order valence-electron chi connectivity index (χ3n) is 2.66. The van der Waals surface area contributed by atoms with Crippen LogP contribution in [-0.2, 0) is 6.54 Å². The monoisotopic (exact) mass is 373 g/mol. The first-order valence-corrected chi connectivity index (χ1v) is 6.73. The molecule has 0 atom stereocenters. The second kappa shape index (κ2) is 6.10. The number of benzene rings is 2. The predicted octanol–water partition coefficient (Wildman–Crippen LogP) is 3.76. The molecule has 0 unspecified atom stereocenters. The summed E-state index contributed by atoms with van der Waals surface area (Å²) in [5.41, 5.74) is 1.84. The van der Waals surface area contributed by atoms with Crippen molar-refractivity contribution in [1.29, 1.82) is 0 Å². The Bertz CT molecular complexity index is 590. The second-order valence-corrected chi connectivity index (χ2v) is 5.15. The molecule has 0 aliphatic heterocycles. The largest absolute Gasteiger partial charge is 0.504 e. The normalized spacial score (nSPS) is 10.3. The Balaban J connectivity index is 2.10. The van der Waals surface area contributed by atoms with Crippen LogP contribution in [0.4, 0.5) is 10.1 Å². The van der Waals surface area contributed by atoms with E-state index in [9.17, 15) is 9.50 Å². The molecule has 2 rings (SSSR count).